The summed E-state index contributed by atoms with van der Waals surface area (Å²) in [6.07, 6.45) is 5.14. The minimum absolute atomic E-state index is 0.210. The van der Waals surface area contributed by atoms with Gasteiger partial charge in [0.05, 0.1) is 10.9 Å². The average molecular weight is 699 g/mol. The smallest absolute Gasteiger partial charge is 0.323 e. The molecule has 1 aromatic carbocycles. The number of benzene rings is 1. The van der Waals surface area contributed by atoms with Gasteiger partial charge >= 0.3 is 5.97 Å². The fourth-order valence-corrected chi connectivity index (χ4v) is 4.62. The molecule has 0 spiro atoms. The number of aryl methyl sites for hydroxylation is 2. The van der Waals surface area contributed by atoms with E-state index in [4.69, 9.17) is 50.3 Å². The number of pyridine rings is 1. The van der Waals surface area contributed by atoms with Crippen LogP contribution in [0.25, 0.3) is 17.0 Å². The van der Waals surface area contributed by atoms with Crippen LogP contribution in [0, 0.1) is 18.3 Å². The van der Waals surface area contributed by atoms with Gasteiger partial charge in [-0.3, -0.25) is 24.2 Å². The number of hydrogen-bond acceptors (Lipinski definition) is 7. The Morgan fingerprint density at radius 2 is 1.72 bits per heavy atom. The molecule has 0 fully saturated rings. The van der Waals surface area contributed by atoms with Crippen LogP contribution in [0.4, 0.5) is 0 Å². The summed E-state index contributed by atoms with van der Waals surface area (Å²) in [5.74, 6) is -2.20. The van der Waals surface area contributed by atoms with Crippen molar-refractivity contribution in [3.05, 3.63) is 47.2 Å². The number of carbonyl (C=O) groups is 4. The van der Waals surface area contributed by atoms with Gasteiger partial charge < -0.3 is 26.4 Å². The lowest BCUT2D eigenvalue weighted by molar-refractivity contribution is -0.145. The van der Waals surface area contributed by atoms with Crippen molar-refractivity contribution >= 4 is 75.5 Å². The number of nitrogens with zero attached hydrogens (tertiary/aromatic N) is 1. The van der Waals surface area contributed by atoms with E-state index in [1.807, 2.05) is 51.1 Å². The summed E-state index contributed by atoms with van der Waals surface area (Å²) in [5.41, 5.74) is 8.78. The van der Waals surface area contributed by atoms with Gasteiger partial charge in [-0.1, -0.05) is 79.9 Å². The minimum Gasteiger partial charge on any atom is -0.460 e. The number of nitrogens with two attached hydrogens (primary N) is 1. The zero-order valence-electron chi connectivity index (χ0n) is 27.5. The number of esters is 1. The molecule has 5 N–H and O–H groups in total. The lowest BCUT2D eigenvalue weighted by Gasteiger charge is -2.28. The first kappa shape index (κ1) is 39.3. The van der Waals surface area contributed by atoms with Crippen LogP contribution in [0.1, 0.15) is 71.2 Å². The van der Waals surface area contributed by atoms with E-state index in [0.29, 0.717) is 6.42 Å². The quantitative estimate of drug-likeness (QED) is 0.117. The second-order valence-corrected chi connectivity index (χ2v) is 14.8. The molecule has 3 unspecified atom stereocenters. The number of aromatic nitrogens is 1. The maximum atomic E-state index is 13.4. The Balaban J connectivity index is 1.93. The molecule has 3 atom stereocenters. The first-order valence-corrected chi connectivity index (χ1v) is 16.5. The summed E-state index contributed by atoms with van der Waals surface area (Å²) < 4.78 is 3.11. The highest BCUT2D eigenvalue weighted by atomic mass is 35.6. The predicted octanol–water partition coefficient (Wildman–Crippen LogP) is 4.93. The third-order valence-electron chi connectivity index (χ3n) is 7.39. The largest absolute Gasteiger partial charge is 0.460 e. The molecule has 1 aromatic heterocycles. The molecule has 0 radical (unpaired) electrons. The molecule has 0 aliphatic carbocycles. The van der Waals surface area contributed by atoms with Crippen LogP contribution in [-0.2, 0) is 30.3 Å². The molecule has 46 heavy (non-hydrogen) atoms. The molecule has 0 saturated heterocycles. The average Bonchev–Trinajstić information content (AvgIpc) is 2.98. The summed E-state index contributed by atoms with van der Waals surface area (Å²) in [7, 11) is 0. The van der Waals surface area contributed by atoms with E-state index < -0.39 is 51.7 Å². The van der Waals surface area contributed by atoms with Crippen molar-refractivity contribution in [1.29, 1.82) is 0 Å². The lowest BCUT2D eigenvalue weighted by atomic mass is 9.89. The van der Waals surface area contributed by atoms with E-state index in [9.17, 15) is 19.2 Å². The van der Waals surface area contributed by atoms with Crippen molar-refractivity contribution in [1.82, 2.24) is 20.9 Å². The Morgan fingerprint density at radius 1 is 1.04 bits per heavy atom. The number of rotatable bonds is 15. The Labute approximate surface area is 286 Å². The van der Waals surface area contributed by atoms with Crippen LogP contribution in [-0.4, -0.2) is 63.7 Å². The van der Waals surface area contributed by atoms with Gasteiger partial charge in [-0.25, -0.2) is 0 Å². The summed E-state index contributed by atoms with van der Waals surface area (Å²) in [4.78, 5) is 55.7. The van der Waals surface area contributed by atoms with Crippen molar-refractivity contribution in [3.8, 4) is 0 Å². The normalized spacial score (nSPS) is 14.2. The summed E-state index contributed by atoms with van der Waals surface area (Å²) in [6.45, 7) is 12.6. The highest BCUT2D eigenvalue weighted by molar-refractivity contribution is 6.67. The van der Waals surface area contributed by atoms with Crippen LogP contribution in [0.2, 0.25) is 0 Å². The lowest BCUT2D eigenvalue weighted by Crippen LogP contribution is -2.56. The van der Waals surface area contributed by atoms with Crippen LogP contribution < -0.4 is 21.7 Å². The highest BCUT2D eigenvalue weighted by Gasteiger charge is 2.32. The van der Waals surface area contributed by atoms with E-state index in [-0.39, 0.29) is 24.8 Å². The van der Waals surface area contributed by atoms with Gasteiger partial charge in [0.15, 0.2) is 0 Å². The molecule has 2 rings (SSSR count). The molecule has 0 saturated carbocycles. The molecule has 0 aliphatic rings. The minimum atomic E-state index is -1.73. The molecule has 1 heterocycles. The van der Waals surface area contributed by atoms with Crippen molar-refractivity contribution < 1.29 is 23.9 Å². The van der Waals surface area contributed by atoms with Crippen molar-refractivity contribution in [2.24, 2.45) is 17.1 Å². The van der Waals surface area contributed by atoms with Crippen LogP contribution >= 0.6 is 34.8 Å². The molecular formula is C33H46Cl3N5O5. The predicted molar refractivity (Wildman–Crippen MR) is 185 cm³/mol. The summed E-state index contributed by atoms with van der Waals surface area (Å²) in [5, 5.41) is 9.32. The third-order valence-corrected chi connectivity index (χ3v) is 7.72. The van der Waals surface area contributed by atoms with E-state index in [1.54, 1.807) is 20.8 Å². The van der Waals surface area contributed by atoms with Gasteiger partial charge in [-0.05, 0) is 76.1 Å². The Kier molecular flexibility index (Phi) is 14.8. The van der Waals surface area contributed by atoms with Crippen LogP contribution in [0.5, 0.6) is 0 Å². The molecule has 254 valence electrons. The van der Waals surface area contributed by atoms with Gasteiger partial charge in [0.1, 0.15) is 24.7 Å². The van der Waals surface area contributed by atoms with E-state index >= 15 is 0 Å². The van der Waals surface area contributed by atoms with E-state index in [0.717, 1.165) is 34.1 Å². The number of nitrogens with one attached hydrogen (secondary N) is 3. The second kappa shape index (κ2) is 17.3. The van der Waals surface area contributed by atoms with Gasteiger partial charge in [0.25, 0.3) is 0 Å². The summed E-state index contributed by atoms with van der Waals surface area (Å²) in [6, 6.07) is 5.47. The van der Waals surface area contributed by atoms with Gasteiger partial charge in [0, 0.05) is 17.6 Å². The molecule has 2 aromatic rings. The molecule has 13 heteroatoms. The third kappa shape index (κ3) is 12.4. The summed E-state index contributed by atoms with van der Waals surface area (Å²) >= 11 is 16.7. The number of halogens is 3. The second-order valence-electron chi connectivity index (χ2n) is 12.3. The zero-order valence-corrected chi connectivity index (χ0v) is 29.8. The maximum absolute atomic E-state index is 13.4. The van der Waals surface area contributed by atoms with E-state index in [1.165, 1.54) is 0 Å². The Hall–Kier alpha value is -2.92. The zero-order chi connectivity index (χ0) is 34.8. The number of alkyl halides is 3. The highest BCUT2D eigenvalue weighted by Crippen LogP contribution is 2.26. The number of carbonyl (C=O) groups excluding carboxylic acids is 4. The van der Waals surface area contributed by atoms with Crippen molar-refractivity contribution in [2.75, 3.05) is 13.2 Å². The van der Waals surface area contributed by atoms with Crippen molar-refractivity contribution in [3.63, 3.8) is 0 Å². The standard InChI is InChI=1S/C33H46Cl3N5O5/c1-8-23-11-12-24-20(4)16-22(17-26(24)40-23)13-14-32(6,7)31(45)41-27(19(2)3)29(43)39-21(5)28(42)38-15-9-10-25(37)30(44)46-18-33(34,35)36/h11-14,16-17,19,21,25,27H,8-10,15,18,37H2,1-7H3,(H,38,42)(H,39,43)(H,41,45)/b14-13+. The number of amides is 3. The molecule has 0 bridgehead atoms. The number of ether oxygens (including phenoxy) is 1. The number of fused-ring (bicyclic) bond motifs is 1. The first-order chi connectivity index (χ1) is 21.3. The molecule has 10 nitrogen and oxygen atoms in total. The van der Waals surface area contributed by atoms with Crippen LogP contribution in [0.3, 0.4) is 0 Å². The fraction of sp³-hybridized carbons (Fsp3) is 0.545. The number of hydrogen-bond donors (Lipinski definition) is 4. The Bertz CT molecular complexity index is 1420. The van der Waals surface area contributed by atoms with Crippen molar-refractivity contribution in [2.45, 2.75) is 89.6 Å². The molecule has 0 aliphatic heterocycles. The molecule has 3 amide bonds. The monoisotopic (exact) mass is 697 g/mol. The van der Waals surface area contributed by atoms with E-state index in [2.05, 4.69) is 28.9 Å². The van der Waals surface area contributed by atoms with Gasteiger partial charge in [-0.15, -0.1) is 0 Å². The fourth-order valence-electron chi connectivity index (χ4n) is 4.46. The van der Waals surface area contributed by atoms with Gasteiger partial charge in [-0.2, -0.15) is 0 Å². The first-order valence-electron chi connectivity index (χ1n) is 15.3. The topological polar surface area (TPSA) is 153 Å². The van der Waals surface area contributed by atoms with Crippen LogP contribution in [0.15, 0.2) is 30.3 Å². The molecular weight excluding hydrogens is 653 g/mol. The van der Waals surface area contributed by atoms with Gasteiger partial charge in [0.2, 0.25) is 21.5 Å². The SMILES string of the molecule is CCc1ccc2c(C)cc(/C=C/C(C)(C)C(=O)NC(C(=O)NC(C)C(=O)NCCCC(N)C(=O)OCC(Cl)(Cl)Cl)C(C)C)cc2n1. The maximum Gasteiger partial charge on any atom is 0.323 e. The Morgan fingerprint density at radius 3 is 2.33 bits per heavy atom.